The molecular weight excluding hydrogens is 647 g/mol. The van der Waals surface area contributed by atoms with Crippen LogP contribution >= 0.6 is 11.6 Å². The molecule has 1 saturated carbocycles. The van der Waals surface area contributed by atoms with E-state index in [1.54, 1.807) is 30.3 Å². The number of alkyl halides is 4. The monoisotopic (exact) mass is 680 g/mol. The van der Waals surface area contributed by atoms with E-state index in [9.17, 15) is 32.3 Å². The number of urea groups is 1. The summed E-state index contributed by atoms with van der Waals surface area (Å²) in [7, 11) is 0. The van der Waals surface area contributed by atoms with Crippen molar-refractivity contribution in [3.05, 3.63) is 107 Å². The van der Waals surface area contributed by atoms with Crippen LogP contribution in [0.1, 0.15) is 48.9 Å². The second-order valence-corrected chi connectivity index (χ2v) is 11.8. The minimum absolute atomic E-state index is 0.0329. The van der Waals surface area contributed by atoms with Gasteiger partial charge in [0.05, 0.1) is 16.5 Å². The van der Waals surface area contributed by atoms with Crippen molar-refractivity contribution in [1.29, 1.82) is 0 Å². The third-order valence-corrected chi connectivity index (χ3v) is 8.05. The van der Waals surface area contributed by atoms with Gasteiger partial charge in [-0.25, -0.2) is 9.18 Å². The molecule has 8 nitrogen and oxygen atoms in total. The summed E-state index contributed by atoms with van der Waals surface area (Å²) in [4.78, 5) is 30.6. The highest BCUT2D eigenvalue weighted by molar-refractivity contribution is 6.30. The fourth-order valence-electron chi connectivity index (χ4n) is 5.51. The number of nitrogens with one attached hydrogen (secondary N) is 3. The lowest BCUT2D eigenvalue weighted by Gasteiger charge is -2.37. The number of halogens is 6. The number of aromatic nitrogens is 1. The average Bonchev–Trinajstić information content (AvgIpc) is 3.01. The van der Waals surface area contributed by atoms with E-state index in [1.165, 1.54) is 18.3 Å². The summed E-state index contributed by atoms with van der Waals surface area (Å²) >= 11 is 6.09. The maximum absolute atomic E-state index is 15.1. The summed E-state index contributed by atoms with van der Waals surface area (Å²) in [6.45, 7) is 3.64. The molecule has 1 aliphatic carbocycles. The van der Waals surface area contributed by atoms with Crippen molar-refractivity contribution in [2.45, 2.75) is 62.6 Å². The van der Waals surface area contributed by atoms with E-state index in [1.807, 2.05) is 0 Å². The number of hydrogen-bond acceptors (Lipinski definition) is 5. The highest BCUT2D eigenvalue weighted by atomic mass is 35.5. The molecule has 4 N–H and O–H groups in total. The van der Waals surface area contributed by atoms with Crippen LogP contribution in [0.15, 0.2) is 79.2 Å². The van der Waals surface area contributed by atoms with Crippen LogP contribution < -0.4 is 20.7 Å². The van der Waals surface area contributed by atoms with Gasteiger partial charge in [0.2, 0.25) is 5.91 Å². The highest BCUT2D eigenvalue weighted by Gasteiger charge is 2.45. The topological polar surface area (TPSA) is 113 Å². The molecule has 3 aromatic rings. The van der Waals surface area contributed by atoms with E-state index >= 15 is 4.39 Å². The third-order valence-electron chi connectivity index (χ3n) is 7.82. The van der Waals surface area contributed by atoms with Gasteiger partial charge >= 0.3 is 18.6 Å². The van der Waals surface area contributed by atoms with Crippen molar-refractivity contribution in [2.24, 2.45) is 5.92 Å². The first-order chi connectivity index (χ1) is 22.3. The predicted octanol–water partition coefficient (Wildman–Crippen LogP) is 7.03. The lowest BCUT2D eigenvalue weighted by atomic mass is 9.80. The average molecular weight is 681 g/mol. The number of rotatable bonds is 13. The number of benzene rings is 2. The SMILES string of the molecule is C=C(O)CCNC(=O)[C@H]1CC[C@@H](NC(=O)N[C@@](Cc2ccccc2)(c2cc(F)cc(OC(F)(F)C(F)F)c2)c2ccc(Cl)cn2)CC1. The minimum atomic E-state index is -4.92. The second-order valence-electron chi connectivity index (χ2n) is 11.3. The quantitative estimate of drug-likeness (QED) is 0.114. The molecule has 1 heterocycles. The fraction of sp³-hybridized carbons (Fsp3) is 0.364. The van der Waals surface area contributed by atoms with Gasteiger partial charge in [0.25, 0.3) is 0 Å². The molecule has 1 atom stereocenters. The summed E-state index contributed by atoms with van der Waals surface area (Å²) in [6.07, 6.45) is -5.76. The standard InChI is InChI=1S/C33H34ClF5N4O4/c1-20(44)13-14-40-29(45)22-7-10-26(11-8-22)42-31(46)43-32(18-21-5-3-2-4-6-21,28-12-9-24(34)19-41-28)23-15-25(35)17-27(16-23)47-33(38,39)30(36)37/h2-6,9,12,15-17,19,22,26,30,44H,1,7-8,10-11,13-14,18H2,(H,40,45)(H2,42,43,46)/t22-,26+,32-/m0/s1. The van der Waals surface area contributed by atoms with Crippen LogP contribution in [0.5, 0.6) is 5.75 Å². The smallest absolute Gasteiger partial charge is 0.461 e. The first-order valence-corrected chi connectivity index (χ1v) is 15.2. The number of nitrogens with zero attached hydrogens (tertiary/aromatic N) is 1. The molecule has 1 aliphatic rings. The number of aliphatic hydroxyl groups is 1. The first-order valence-electron chi connectivity index (χ1n) is 14.8. The first kappa shape index (κ1) is 35.5. The van der Waals surface area contributed by atoms with E-state index in [0.717, 1.165) is 12.1 Å². The molecule has 252 valence electrons. The zero-order valence-corrected chi connectivity index (χ0v) is 25.9. The fourth-order valence-corrected chi connectivity index (χ4v) is 5.62. The Bertz CT molecular complexity index is 1540. The zero-order valence-electron chi connectivity index (χ0n) is 25.1. The van der Waals surface area contributed by atoms with Crippen molar-refractivity contribution < 1.29 is 41.4 Å². The molecule has 3 amide bonds. The number of carbonyl (C=O) groups excluding carboxylic acids is 2. The number of ether oxygens (including phenoxy) is 1. The second kappa shape index (κ2) is 15.5. The van der Waals surface area contributed by atoms with E-state index in [-0.39, 0.29) is 59.3 Å². The zero-order chi connectivity index (χ0) is 34.2. The Hall–Kier alpha value is -4.39. The summed E-state index contributed by atoms with van der Waals surface area (Å²) < 4.78 is 73.1. The van der Waals surface area contributed by atoms with Crippen molar-refractivity contribution in [3.8, 4) is 5.75 Å². The Balaban J connectivity index is 1.65. The summed E-state index contributed by atoms with van der Waals surface area (Å²) in [5, 5.41) is 18.0. The largest absolute Gasteiger partial charge is 0.513 e. The van der Waals surface area contributed by atoms with Crippen LogP contribution in [-0.2, 0) is 16.8 Å². The molecule has 2 aromatic carbocycles. The lowest BCUT2D eigenvalue weighted by molar-refractivity contribution is -0.253. The molecule has 0 bridgehead atoms. The molecule has 1 aromatic heterocycles. The number of carbonyl (C=O) groups is 2. The van der Waals surface area contributed by atoms with Crippen LogP contribution in [0, 0.1) is 11.7 Å². The molecule has 0 radical (unpaired) electrons. The van der Waals surface area contributed by atoms with Crippen LogP contribution in [0.4, 0.5) is 26.7 Å². The van der Waals surface area contributed by atoms with Gasteiger partial charge in [-0.1, -0.05) is 48.5 Å². The summed E-state index contributed by atoms with van der Waals surface area (Å²) in [5.74, 6) is -2.45. The molecule has 4 rings (SSSR count). The van der Waals surface area contributed by atoms with Crippen molar-refractivity contribution in [1.82, 2.24) is 20.9 Å². The van der Waals surface area contributed by atoms with E-state index in [0.29, 0.717) is 37.3 Å². The Labute approximate surface area is 273 Å². The van der Waals surface area contributed by atoms with Crippen LogP contribution in [0.25, 0.3) is 0 Å². The molecule has 0 saturated heterocycles. The van der Waals surface area contributed by atoms with Gasteiger partial charge in [0.15, 0.2) is 0 Å². The third kappa shape index (κ3) is 9.57. The van der Waals surface area contributed by atoms with Gasteiger partial charge in [-0.15, -0.1) is 0 Å². The Kier molecular flexibility index (Phi) is 11.7. The van der Waals surface area contributed by atoms with Gasteiger partial charge in [0, 0.05) is 43.6 Å². The number of hydrogen-bond donors (Lipinski definition) is 4. The summed E-state index contributed by atoms with van der Waals surface area (Å²) in [5.41, 5.74) is -1.09. The number of aliphatic hydroxyl groups excluding tert-OH is 1. The predicted molar refractivity (Wildman–Crippen MR) is 165 cm³/mol. The Morgan fingerprint density at radius 2 is 1.77 bits per heavy atom. The van der Waals surface area contributed by atoms with Gasteiger partial charge in [0.1, 0.15) is 17.1 Å². The lowest BCUT2D eigenvalue weighted by Crippen LogP contribution is -2.55. The van der Waals surface area contributed by atoms with Crippen molar-refractivity contribution >= 4 is 23.5 Å². The summed E-state index contributed by atoms with van der Waals surface area (Å²) in [6, 6.07) is 13.0. The molecule has 1 fully saturated rings. The minimum Gasteiger partial charge on any atom is -0.513 e. The molecule has 0 unspecified atom stereocenters. The van der Waals surface area contributed by atoms with Gasteiger partial charge in [-0.2, -0.15) is 17.6 Å². The molecule has 0 aliphatic heterocycles. The van der Waals surface area contributed by atoms with Crippen LogP contribution in [-0.4, -0.2) is 47.1 Å². The number of pyridine rings is 1. The molecule has 0 spiro atoms. The molecule has 47 heavy (non-hydrogen) atoms. The van der Waals surface area contributed by atoms with E-state index < -0.39 is 35.7 Å². The van der Waals surface area contributed by atoms with E-state index in [2.05, 4.69) is 32.3 Å². The Morgan fingerprint density at radius 3 is 2.38 bits per heavy atom. The maximum Gasteiger partial charge on any atom is 0.461 e. The number of amides is 3. The Morgan fingerprint density at radius 1 is 1.06 bits per heavy atom. The van der Waals surface area contributed by atoms with Crippen molar-refractivity contribution in [2.75, 3.05) is 6.54 Å². The van der Waals surface area contributed by atoms with Crippen LogP contribution in [0.3, 0.4) is 0 Å². The maximum atomic E-state index is 15.1. The van der Waals surface area contributed by atoms with Gasteiger partial charge in [-0.05, 0) is 61.1 Å². The van der Waals surface area contributed by atoms with E-state index in [4.69, 9.17) is 11.6 Å². The highest BCUT2D eigenvalue weighted by Crippen LogP contribution is 2.37. The van der Waals surface area contributed by atoms with Gasteiger partial charge < -0.3 is 25.8 Å². The van der Waals surface area contributed by atoms with Gasteiger partial charge in [-0.3, -0.25) is 9.78 Å². The molecule has 14 heteroatoms. The van der Waals surface area contributed by atoms with Crippen LogP contribution in [0.2, 0.25) is 5.02 Å². The molecular formula is C33H34ClF5N4O4. The normalized spacial score (nSPS) is 17.8. The van der Waals surface area contributed by atoms with Crippen molar-refractivity contribution in [3.63, 3.8) is 0 Å².